The van der Waals surface area contributed by atoms with Crippen LogP contribution in [0.2, 0.25) is 0 Å². The summed E-state index contributed by atoms with van der Waals surface area (Å²) in [5.74, 6) is 0. The van der Waals surface area contributed by atoms with Gasteiger partial charge in [0.15, 0.2) is 0 Å². The summed E-state index contributed by atoms with van der Waals surface area (Å²) < 4.78 is 0. The van der Waals surface area contributed by atoms with Crippen LogP contribution in [0.25, 0.3) is 0 Å². The maximum absolute atomic E-state index is 2.16. The predicted octanol–water partition coefficient (Wildman–Crippen LogP) is 2.87. The monoisotopic (exact) mass is 245 g/mol. The Morgan fingerprint density at radius 3 is 2.07 bits per heavy atom. The zero-order valence-electron chi connectivity index (χ0n) is 9.17. The van der Waals surface area contributed by atoms with Crippen LogP contribution < -0.4 is 0 Å². The smallest absolute Gasteiger partial charge is 0.307 e. The minimum atomic E-state index is 0. The molecule has 0 amide bonds. The molecule has 2 aromatic carbocycles. The number of rotatable bonds is 2. The van der Waals surface area contributed by atoms with Gasteiger partial charge >= 0.3 is 16.5 Å². The molecule has 0 N–H and O–H groups in total. The van der Waals surface area contributed by atoms with Crippen LogP contribution >= 0.6 is 0 Å². The fourth-order valence-electron chi connectivity index (χ4n) is 1.21. The van der Waals surface area contributed by atoms with Gasteiger partial charge in [-0.25, -0.2) is 24.3 Å². The van der Waals surface area contributed by atoms with Gasteiger partial charge < -0.3 is 4.90 Å². The van der Waals surface area contributed by atoms with Crippen LogP contribution in [0.1, 0.15) is 5.56 Å². The molecule has 0 heterocycles. The number of hydrogen-bond acceptors (Lipinski definition) is 1. The number of nitrogens with zero attached hydrogens (tertiary/aromatic N) is 1. The van der Waals surface area contributed by atoms with E-state index in [9.17, 15) is 0 Å². The van der Waals surface area contributed by atoms with Crippen molar-refractivity contribution in [1.82, 2.24) is 4.90 Å². The van der Waals surface area contributed by atoms with Gasteiger partial charge in [-0.2, -0.15) is 35.9 Å². The molecule has 2 aromatic rings. The van der Waals surface area contributed by atoms with Crippen LogP contribution in [-0.4, -0.2) is 19.0 Å². The SMILES string of the molecule is CN(C)Cc1ccc[cH-]1.[Ni+2].c1cc[cH-]c1. The van der Waals surface area contributed by atoms with Crippen molar-refractivity contribution in [1.29, 1.82) is 0 Å². The molecule has 2 heteroatoms. The van der Waals surface area contributed by atoms with E-state index in [2.05, 4.69) is 43.3 Å². The largest absolute Gasteiger partial charge is 2.00 e. The molecule has 0 saturated carbocycles. The summed E-state index contributed by atoms with van der Waals surface area (Å²) in [6.07, 6.45) is 0. The van der Waals surface area contributed by atoms with Gasteiger partial charge in [0.25, 0.3) is 0 Å². The minimum absolute atomic E-state index is 0. The molecule has 0 saturated heterocycles. The van der Waals surface area contributed by atoms with Crippen molar-refractivity contribution < 1.29 is 16.5 Å². The standard InChI is InChI=1S/C8H12N.C5H5.Ni/c1-9(2)7-8-5-3-4-6-8;1-2-4-5-3-1;/h3-6H,7H2,1-2H3;1-5H;/q2*-1;+2. The first-order valence-electron chi connectivity index (χ1n) is 4.81. The summed E-state index contributed by atoms with van der Waals surface area (Å²) in [6.45, 7) is 1.05. The fraction of sp³-hybridized carbons (Fsp3) is 0.231. The first-order chi connectivity index (χ1) is 6.79. The van der Waals surface area contributed by atoms with Gasteiger partial charge in [-0.15, -0.1) is 0 Å². The van der Waals surface area contributed by atoms with Crippen molar-refractivity contribution in [3.63, 3.8) is 0 Å². The van der Waals surface area contributed by atoms with E-state index < -0.39 is 0 Å². The van der Waals surface area contributed by atoms with E-state index in [0.717, 1.165) is 6.54 Å². The minimum Gasteiger partial charge on any atom is -0.307 e. The maximum atomic E-state index is 2.16. The Balaban J connectivity index is 0.000000280. The van der Waals surface area contributed by atoms with E-state index in [4.69, 9.17) is 0 Å². The Morgan fingerprint density at radius 1 is 1.07 bits per heavy atom. The summed E-state index contributed by atoms with van der Waals surface area (Å²) in [7, 11) is 4.15. The van der Waals surface area contributed by atoms with Gasteiger partial charge in [-0.1, -0.05) is 0 Å². The number of hydrogen-bond donors (Lipinski definition) is 0. The van der Waals surface area contributed by atoms with E-state index in [0.29, 0.717) is 0 Å². The summed E-state index contributed by atoms with van der Waals surface area (Å²) in [6, 6.07) is 18.4. The Bertz CT molecular complexity index is 278. The molecule has 0 bridgehead atoms. The summed E-state index contributed by atoms with van der Waals surface area (Å²) in [5, 5.41) is 0. The zero-order valence-corrected chi connectivity index (χ0v) is 10.2. The molecule has 0 aliphatic carbocycles. The van der Waals surface area contributed by atoms with Crippen LogP contribution in [-0.2, 0) is 23.0 Å². The molecule has 0 spiro atoms. The topological polar surface area (TPSA) is 3.24 Å². The molecular formula is C13H17NNi. The molecule has 84 valence electrons. The van der Waals surface area contributed by atoms with E-state index in [1.54, 1.807) is 0 Å². The molecule has 0 aromatic heterocycles. The average molecular weight is 246 g/mol. The van der Waals surface area contributed by atoms with Crippen molar-refractivity contribution in [2.45, 2.75) is 6.54 Å². The summed E-state index contributed by atoms with van der Waals surface area (Å²) in [5.41, 5.74) is 1.39. The summed E-state index contributed by atoms with van der Waals surface area (Å²) >= 11 is 0. The fourth-order valence-corrected chi connectivity index (χ4v) is 1.21. The van der Waals surface area contributed by atoms with E-state index in [-0.39, 0.29) is 16.5 Å². The van der Waals surface area contributed by atoms with Gasteiger partial charge in [0, 0.05) is 0 Å². The third kappa shape index (κ3) is 7.13. The van der Waals surface area contributed by atoms with Crippen LogP contribution in [0.5, 0.6) is 0 Å². The molecule has 0 fully saturated rings. The van der Waals surface area contributed by atoms with E-state index in [1.807, 2.05) is 30.3 Å². The average Bonchev–Trinajstić information content (AvgIpc) is 2.75. The third-order valence-corrected chi connectivity index (χ3v) is 1.79. The van der Waals surface area contributed by atoms with Gasteiger partial charge in [-0.05, 0) is 20.6 Å². The second-order valence-electron chi connectivity index (χ2n) is 3.49. The van der Waals surface area contributed by atoms with Crippen LogP contribution in [0.15, 0.2) is 54.6 Å². The van der Waals surface area contributed by atoms with Crippen molar-refractivity contribution in [3.8, 4) is 0 Å². The van der Waals surface area contributed by atoms with Gasteiger partial charge in [0.1, 0.15) is 0 Å². The molecule has 15 heavy (non-hydrogen) atoms. The second kappa shape index (κ2) is 8.46. The predicted molar refractivity (Wildman–Crippen MR) is 61.5 cm³/mol. The quantitative estimate of drug-likeness (QED) is 0.581. The van der Waals surface area contributed by atoms with Crippen molar-refractivity contribution in [2.24, 2.45) is 0 Å². The molecule has 1 nitrogen and oxygen atoms in total. The van der Waals surface area contributed by atoms with E-state index >= 15 is 0 Å². The Hall–Kier alpha value is -0.846. The van der Waals surface area contributed by atoms with Crippen LogP contribution in [0.3, 0.4) is 0 Å². The Labute approximate surface area is 102 Å². The van der Waals surface area contributed by atoms with Crippen molar-refractivity contribution >= 4 is 0 Å². The van der Waals surface area contributed by atoms with Gasteiger partial charge in [-0.3, -0.25) is 0 Å². The summed E-state index contributed by atoms with van der Waals surface area (Å²) in [4.78, 5) is 2.16. The van der Waals surface area contributed by atoms with Gasteiger partial charge in [0.2, 0.25) is 0 Å². The van der Waals surface area contributed by atoms with E-state index in [1.165, 1.54) is 5.56 Å². The Kier molecular flexibility index (Phi) is 7.98. The molecule has 0 aliphatic rings. The molecule has 0 radical (unpaired) electrons. The normalized spacial score (nSPS) is 9.00. The van der Waals surface area contributed by atoms with Gasteiger partial charge in [0.05, 0.1) is 0 Å². The van der Waals surface area contributed by atoms with Crippen LogP contribution in [0.4, 0.5) is 0 Å². The molecule has 2 rings (SSSR count). The molecule has 0 atom stereocenters. The second-order valence-corrected chi connectivity index (χ2v) is 3.49. The molecular weight excluding hydrogens is 229 g/mol. The Morgan fingerprint density at radius 2 is 1.73 bits per heavy atom. The third-order valence-electron chi connectivity index (χ3n) is 1.79. The van der Waals surface area contributed by atoms with Crippen molar-refractivity contribution in [3.05, 3.63) is 60.2 Å². The maximum Gasteiger partial charge on any atom is 2.00 e. The molecule has 0 unspecified atom stereocenters. The van der Waals surface area contributed by atoms with Crippen molar-refractivity contribution in [2.75, 3.05) is 14.1 Å². The first kappa shape index (κ1) is 14.2. The zero-order chi connectivity index (χ0) is 10.2. The molecule has 0 aliphatic heterocycles. The van der Waals surface area contributed by atoms with Crippen LogP contribution in [0, 0.1) is 0 Å². The first-order valence-corrected chi connectivity index (χ1v) is 4.81.